The minimum absolute atomic E-state index is 0.143. The Morgan fingerprint density at radius 3 is 2.60 bits per heavy atom. The molecule has 1 aliphatic rings. The van der Waals surface area contributed by atoms with Crippen molar-refractivity contribution in [2.45, 2.75) is 43.5 Å². The van der Waals surface area contributed by atoms with E-state index in [0.29, 0.717) is 5.76 Å². The highest BCUT2D eigenvalue weighted by molar-refractivity contribution is 7.98. The molecule has 1 saturated heterocycles. The number of benzene rings is 1. The van der Waals surface area contributed by atoms with Crippen molar-refractivity contribution in [3.63, 3.8) is 0 Å². The highest BCUT2D eigenvalue weighted by Crippen LogP contribution is 2.41. The molecule has 0 unspecified atom stereocenters. The molecule has 3 heterocycles. The molecular weight excluding hydrogens is 412 g/mol. The van der Waals surface area contributed by atoms with Crippen molar-refractivity contribution in [2.24, 2.45) is 0 Å². The van der Waals surface area contributed by atoms with Crippen LogP contribution in [0.15, 0.2) is 58.0 Å². The molecule has 1 atom stereocenters. The van der Waals surface area contributed by atoms with Crippen LogP contribution in [-0.4, -0.2) is 30.2 Å². The number of hydrogen-bond donors (Lipinski definition) is 1. The van der Waals surface area contributed by atoms with Crippen molar-refractivity contribution < 1.29 is 9.21 Å². The fraction of sp³-hybridized carbons (Fsp3) is 0.375. The van der Waals surface area contributed by atoms with Crippen LogP contribution in [0.25, 0.3) is 0 Å². The summed E-state index contributed by atoms with van der Waals surface area (Å²) < 4.78 is 5.31. The van der Waals surface area contributed by atoms with E-state index in [0.717, 1.165) is 24.5 Å². The van der Waals surface area contributed by atoms with Crippen molar-refractivity contribution in [1.82, 2.24) is 4.90 Å². The Morgan fingerprint density at radius 2 is 1.97 bits per heavy atom. The predicted octanol–water partition coefficient (Wildman–Crippen LogP) is 6.45. The number of thiophene rings is 1. The number of rotatable bonds is 7. The van der Waals surface area contributed by atoms with Gasteiger partial charge in [0.2, 0.25) is 0 Å². The van der Waals surface area contributed by atoms with Gasteiger partial charge in [-0.25, -0.2) is 0 Å². The fourth-order valence-electron chi connectivity index (χ4n) is 4.06. The summed E-state index contributed by atoms with van der Waals surface area (Å²) in [5, 5.41) is 4.06. The van der Waals surface area contributed by atoms with Gasteiger partial charge in [-0.15, -0.1) is 23.1 Å². The molecule has 158 valence electrons. The first-order valence-electron chi connectivity index (χ1n) is 10.5. The van der Waals surface area contributed by atoms with E-state index >= 15 is 0 Å². The van der Waals surface area contributed by atoms with Gasteiger partial charge in [-0.1, -0.05) is 25.5 Å². The fourth-order valence-corrected chi connectivity index (χ4v) is 5.49. The number of carbonyl (C=O) groups is 1. The topological polar surface area (TPSA) is 45.5 Å². The van der Waals surface area contributed by atoms with Gasteiger partial charge in [-0.2, -0.15) is 0 Å². The van der Waals surface area contributed by atoms with E-state index in [1.165, 1.54) is 46.4 Å². The lowest BCUT2D eigenvalue weighted by Gasteiger charge is -2.35. The molecule has 0 radical (unpaired) electrons. The molecule has 4 nitrogen and oxygen atoms in total. The quantitative estimate of drug-likeness (QED) is 0.429. The lowest BCUT2D eigenvalue weighted by Crippen LogP contribution is -2.34. The van der Waals surface area contributed by atoms with E-state index in [2.05, 4.69) is 53.7 Å². The van der Waals surface area contributed by atoms with Gasteiger partial charge in [0.15, 0.2) is 5.76 Å². The molecule has 1 N–H and O–H groups in total. The van der Waals surface area contributed by atoms with Crippen LogP contribution in [-0.2, 0) is 6.42 Å². The van der Waals surface area contributed by atoms with Gasteiger partial charge >= 0.3 is 0 Å². The van der Waals surface area contributed by atoms with Crippen LogP contribution in [0.5, 0.6) is 0 Å². The van der Waals surface area contributed by atoms with Crippen molar-refractivity contribution >= 4 is 34.0 Å². The maximum absolute atomic E-state index is 12.7. The van der Waals surface area contributed by atoms with Gasteiger partial charge in [-0.3, -0.25) is 9.69 Å². The lowest BCUT2D eigenvalue weighted by atomic mass is 9.96. The number of likely N-dealkylation sites (tertiary alicyclic amines) is 1. The Bertz CT molecular complexity index is 958. The van der Waals surface area contributed by atoms with Gasteiger partial charge in [0, 0.05) is 15.3 Å². The summed E-state index contributed by atoms with van der Waals surface area (Å²) in [5.41, 5.74) is 2.47. The van der Waals surface area contributed by atoms with Crippen LogP contribution in [0.1, 0.15) is 58.8 Å². The molecule has 0 saturated carbocycles. The maximum Gasteiger partial charge on any atom is 0.291 e. The second kappa shape index (κ2) is 9.86. The van der Waals surface area contributed by atoms with Crippen LogP contribution < -0.4 is 5.32 Å². The SMILES string of the molecule is CCc1cc([C@@H](c2ccc(SC)cc2)N2CCCCC2)c(NC(=O)c2ccco2)s1. The summed E-state index contributed by atoms with van der Waals surface area (Å²) in [5.74, 6) is 0.145. The zero-order chi connectivity index (χ0) is 20.9. The molecule has 1 aromatic carbocycles. The Kier molecular flexibility index (Phi) is 6.97. The van der Waals surface area contributed by atoms with Crippen LogP contribution in [0, 0.1) is 0 Å². The minimum Gasteiger partial charge on any atom is -0.459 e. The maximum atomic E-state index is 12.7. The smallest absolute Gasteiger partial charge is 0.291 e. The summed E-state index contributed by atoms with van der Waals surface area (Å²) in [4.78, 5) is 17.8. The number of anilines is 1. The number of thioether (sulfide) groups is 1. The van der Waals surface area contributed by atoms with Gasteiger partial charge in [0.05, 0.1) is 12.3 Å². The highest BCUT2D eigenvalue weighted by Gasteiger charge is 2.28. The Hall–Kier alpha value is -2.02. The average molecular weight is 441 g/mol. The zero-order valence-electron chi connectivity index (χ0n) is 17.5. The lowest BCUT2D eigenvalue weighted by molar-refractivity contribution is 0.0996. The third kappa shape index (κ3) is 4.66. The molecule has 30 heavy (non-hydrogen) atoms. The average Bonchev–Trinajstić information content (AvgIpc) is 3.46. The van der Waals surface area contributed by atoms with Gasteiger partial charge in [-0.05, 0) is 74.5 Å². The minimum atomic E-state index is -0.194. The third-order valence-corrected chi connectivity index (χ3v) is 7.57. The number of amides is 1. The number of nitrogens with zero attached hydrogens (tertiary/aromatic N) is 1. The molecular formula is C24H28N2O2S2. The molecule has 3 aromatic rings. The summed E-state index contributed by atoms with van der Waals surface area (Å²) in [6.07, 6.45) is 8.32. The normalized spacial score (nSPS) is 15.8. The van der Waals surface area contributed by atoms with Gasteiger partial charge < -0.3 is 9.73 Å². The number of carbonyl (C=O) groups excluding carboxylic acids is 1. The molecule has 1 fully saturated rings. The summed E-state index contributed by atoms with van der Waals surface area (Å²) in [7, 11) is 0. The number of piperidine rings is 1. The van der Waals surface area contributed by atoms with E-state index < -0.39 is 0 Å². The Labute approximate surface area is 186 Å². The second-order valence-corrected chi connectivity index (χ2v) is 9.57. The number of furan rings is 1. The molecule has 0 aliphatic carbocycles. The molecule has 0 spiro atoms. The predicted molar refractivity (Wildman–Crippen MR) is 126 cm³/mol. The first kappa shape index (κ1) is 21.2. The van der Waals surface area contributed by atoms with Crippen molar-refractivity contribution in [2.75, 3.05) is 24.7 Å². The van der Waals surface area contributed by atoms with Crippen LogP contribution in [0.2, 0.25) is 0 Å². The van der Waals surface area contributed by atoms with Crippen LogP contribution in [0.3, 0.4) is 0 Å². The summed E-state index contributed by atoms with van der Waals surface area (Å²) in [6, 6.07) is 14.8. The molecule has 4 rings (SSSR count). The molecule has 1 aliphatic heterocycles. The van der Waals surface area contributed by atoms with E-state index in [4.69, 9.17) is 4.42 Å². The molecule has 1 amide bonds. The van der Waals surface area contributed by atoms with Crippen molar-refractivity contribution in [3.8, 4) is 0 Å². The number of nitrogens with one attached hydrogen (secondary N) is 1. The van der Waals surface area contributed by atoms with E-state index in [-0.39, 0.29) is 11.9 Å². The Morgan fingerprint density at radius 1 is 1.20 bits per heavy atom. The third-order valence-electron chi connectivity index (χ3n) is 5.61. The number of hydrogen-bond acceptors (Lipinski definition) is 5. The van der Waals surface area contributed by atoms with Crippen LogP contribution >= 0.6 is 23.1 Å². The van der Waals surface area contributed by atoms with E-state index in [9.17, 15) is 4.79 Å². The molecule has 0 bridgehead atoms. The standard InChI is InChI=1S/C24H28N2O2S2/c1-3-18-16-20(24(30-18)25-23(27)21-8-7-15-28-21)22(26-13-5-4-6-14-26)17-9-11-19(29-2)12-10-17/h7-12,15-16,22H,3-6,13-14H2,1-2H3,(H,25,27)/t22-/m1/s1. The molecule has 2 aromatic heterocycles. The Balaban J connectivity index is 1.73. The first-order chi connectivity index (χ1) is 14.7. The van der Waals surface area contributed by atoms with Gasteiger partial charge in [0.25, 0.3) is 5.91 Å². The largest absolute Gasteiger partial charge is 0.459 e. The van der Waals surface area contributed by atoms with E-state index in [1.54, 1.807) is 35.2 Å². The second-order valence-electron chi connectivity index (χ2n) is 7.55. The van der Waals surface area contributed by atoms with Gasteiger partial charge in [0.1, 0.15) is 5.00 Å². The monoisotopic (exact) mass is 440 g/mol. The molecule has 6 heteroatoms. The zero-order valence-corrected chi connectivity index (χ0v) is 19.2. The number of aryl methyl sites for hydroxylation is 1. The summed E-state index contributed by atoms with van der Waals surface area (Å²) >= 11 is 3.43. The van der Waals surface area contributed by atoms with E-state index in [1.807, 2.05) is 0 Å². The summed E-state index contributed by atoms with van der Waals surface area (Å²) in [6.45, 7) is 4.33. The van der Waals surface area contributed by atoms with Crippen LogP contribution in [0.4, 0.5) is 5.00 Å². The first-order valence-corrected chi connectivity index (χ1v) is 12.6. The highest BCUT2D eigenvalue weighted by atomic mass is 32.2. The van der Waals surface area contributed by atoms with Crippen molar-refractivity contribution in [3.05, 3.63) is 70.5 Å². The van der Waals surface area contributed by atoms with Crippen molar-refractivity contribution in [1.29, 1.82) is 0 Å².